The van der Waals surface area contributed by atoms with Crippen molar-refractivity contribution in [2.45, 2.75) is 71.5 Å². The molecule has 3 heterocycles. The molecule has 0 unspecified atom stereocenters. The minimum atomic E-state index is 0.622. The Morgan fingerprint density at radius 3 is 2.70 bits per heavy atom. The summed E-state index contributed by atoms with van der Waals surface area (Å²) in [7, 11) is 0. The summed E-state index contributed by atoms with van der Waals surface area (Å²) >= 11 is 0. The van der Waals surface area contributed by atoms with Crippen LogP contribution in [0.1, 0.15) is 51.5 Å². The molecule has 2 aliphatic heterocycles. The number of aryl methyl sites for hydroxylation is 1. The van der Waals surface area contributed by atoms with Gasteiger partial charge in [0.15, 0.2) is 0 Å². The van der Waals surface area contributed by atoms with Crippen molar-refractivity contribution < 1.29 is 4.74 Å². The van der Waals surface area contributed by atoms with E-state index in [-0.39, 0.29) is 0 Å². The zero-order valence-corrected chi connectivity index (χ0v) is 17.2. The summed E-state index contributed by atoms with van der Waals surface area (Å²) in [6.07, 6.45) is 8.80. The topological polar surface area (TPSA) is 30.3 Å². The van der Waals surface area contributed by atoms with Crippen molar-refractivity contribution in [2.75, 3.05) is 19.8 Å². The van der Waals surface area contributed by atoms with Crippen molar-refractivity contribution in [3.8, 4) is 0 Å². The van der Waals surface area contributed by atoms with Crippen LogP contribution >= 0.6 is 0 Å². The van der Waals surface area contributed by atoms with E-state index in [2.05, 4.69) is 53.7 Å². The van der Waals surface area contributed by atoms with Gasteiger partial charge in [0.2, 0.25) is 0 Å². The van der Waals surface area contributed by atoms with Gasteiger partial charge in [0.05, 0.1) is 11.7 Å². The van der Waals surface area contributed by atoms with Crippen LogP contribution in [0.2, 0.25) is 0 Å². The highest BCUT2D eigenvalue weighted by Gasteiger charge is 2.40. The van der Waals surface area contributed by atoms with Crippen LogP contribution in [-0.4, -0.2) is 46.5 Å². The molecule has 4 rings (SSSR count). The second-order valence-electron chi connectivity index (χ2n) is 8.90. The number of ether oxygens (including phenoxy) is 1. The molecule has 4 nitrogen and oxygen atoms in total. The maximum atomic E-state index is 5.60. The molecule has 0 amide bonds. The molecule has 1 aromatic carbocycles. The minimum absolute atomic E-state index is 0.622. The number of aromatic nitrogens is 2. The molecule has 2 fully saturated rings. The Morgan fingerprint density at radius 2 is 1.96 bits per heavy atom. The Bertz CT molecular complexity index is 741. The molecule has 3 atom stereocenters. The average molecular weight is 370 g/mol. The Morgan fingerprint density at radius 1 is 1.19 bits per heavy atom. The van der Waals surface area contributed by atoms with Crippen LogP contribution in [0.4, 0.5) is 0 Å². The Labute approximate surface area is 163 Å². The van der Waals surface area contributed by atoms with Crippen LogP contribution in [0, 0.1) is 18.8 Å². The first-order chi connectivity index (χ1) is 13.1. The molecule has 4 heteroatoms. The summed E-state index contributed by atoms with van der Waals surface area (Å²) in [4.78, 5) is 2.83. The summed E-state index contributed by atoms with van der Waals surface area (Å²) in [5.74, 6) is 1.50. The van der Waals surface area contributed by atoms with E-state index in [4.69, 9.17) is 4.74 Å². The first-order valence-corrected chi connectivity index (χ1v) is 10.9. The Hall–Kier alpha value is -1.39. The van der Waals surface area contributed by atoms with E-state index < -0.39 is 0 Å². The second kappa shape index (κ2) is 8.32. The zero-order valence-electron chi connectivity index (χ0n) is 17.2. The van der Waals surface area contributed by atoms with Gasteiger partial charge in [0, 0.05) is 43.8 Å². The Balaban J connectivity index is 1.34. The van der Waals surface area contributed by atoms with Crippen molar-refractivity contribution in [3.05, 3.63) is 30.0 Å². The normalized spacial score (nSPS) is 26.7. The lowest BCUT2D eigenvalue weighted by atomic mass is 9.88. The average Bonchev–Trinajstić information content (AvgIpc) is 3.12. The first kappa shape index (κ1) is 18.9. The van der Waals surface area contributed by atoms with Gasteiger partial charge in [-0.3, -0.25) is 9.58 Å². The number of benzene rings is 1. The predicted molar refractivity (Wildman–Crippen MR) is 111 cm³/mol. The largest absolute Gasteiger partial charge is 0.382 e. The summed E-state index contributed by atoms with van der Waals surface area (Å²) in [6, 6.07) is 8.23. The zero-order chi connectivity index (χ0) is 18.8. The van der Waals surface area contributed by atoms with E-state index in [1.54, 1.807) is 0 Å². The molecule has 2 bridgehead atoms. The van der Waals surface area contributed by atoms with Crippen LogP contribution in [-0.2, 0) is 11.3 Å². The number of rotatable bonds is 8. The third kappa shape index (κ3) is 4.22. The highest BCUT2D eigenvalue weighted by atomic mass is 16.5. The van der Waals surface area contributed by atoms with Crippen LogP contribution in [0.5, 0.6) is 0 Å². The van der Waals surface area contributed by atoms with Crippen LogP contribution in [0.25, 0.3) is 10.9 Å². The quantitative estimate of drug-likeness (QED) is 0.635. The van der Waals surface area contributed by atoms with Gasteiger partial charge in [-0.15, -0.1) is 0 Å². The van der Waals surface area contributed by atoms with Gasteiger partial charge in [0.25, 0.3) is 0 Å². The van der Waals surface area contributed by atoms with Crippen molar-refractivity contribution >= 4 is 10.9 Å². The molecule has 0 N–H and O–H groups in total. The number of hydrogen-bond donors (Lipinski definition) is 0. The summed E-state index contributed by atoms with van der Waals surface area (Å²) in [6.45, 7) is 10.7. The molecule has 0 radical (unpaired) electrons. The maximum absolute atomic E-state index is 5.60. The molecule has 2 aliphatic rings. The monoisotopic (exact) mass is 369 g/mol. The van der Waals surface area contributed by atoms with Gasteiger partial charge < -0.3 is 4.74 Å². The fourth-order valence-corrected chi connectivity index (χ4v) is 5.35. The summed E-state index contributed by atoms with van der Waals surface area (Å²) in [5.41, 5.74) is 2.59. The summed E-state index contributed by atoms with van der Waals surface area (Å²) < 4.78 is 7.81. The molecule has 0 aliphatic carbocycles. The maximum Gasteiger partial charge on any atom is 0.0685 e. The molecule has 27 heavy (non-hydrogen) atoms. The van der Waals surface area contributed by atoms with E-state index in [1.807, 2.05) is 6.20 Å². The van der Waals surface area contributed by atoms with Gasteiger partial charge in [-0.1, -0.05) is 19.1 Å². The molecule has 148 valence electrons. The standard InChI is InChI=1S/C23H35N3O/c1-4-27-10-9-19-12-21-7-8-22(13-19)25(21)15-18(3)16-26-23-11-17(2)5-6-20(23)14-24-26/h5-6,11,14,18-19,21-22H,4,7-10,12-13,15-16H2,1-3H3/t18-,21+,22+/m1/s1. The van der Waals surface area contributed by atoms with Gasteiger partial charge >= 0.3 is 0 Å². The third-order valence-electron chi connectivity index (χ3n) is 6.66. The number of fused-ring (bicyclic) bond motifs is 3. The fourth-order valence-electron chi connectivity index (χ4n) is 5.35. The summed E-state index contributed by atoms with van der Waals surface area (Å²) in [5, 5.41) is 5.91. The lowest BCUT2D eigenvalue weighted by molar-refractivity contribution is 0.0635. The molecule has 0 spiro atoms. The SMILES string of the molecule is CCOCCC1C[C@@H]2CC[C@@H](C1)N2C[C@@H](C)Cn1ncc2ccc(C)cc21. The van der Waals surface area contributed by atoms with E-state index in [9.17, 15) is 0 Å². The van der Waals surface area contributed by atoms with Crippen molar-refractivity contribution in [3.63, 3.8) is 0 Å². The molecule has 2 aromatic rings. The van der Waals surface area contributed by atoms with Crippen molar-refractivity contribution in [2.24, 2.45) is 11.8 Å². The fraction of sp³-hybridized carbons (Fsp3) is 0.696. The number of hydrogen-bond acceptors (Lipinski definition) is 3. The number of piperidine rings is 1. The van der Waals surface area contributed by atoms with Gasteiger partial charge in [0.1, 0.15) is 0 Å². The van der Waals surface area contributed by atoms with E-state index >= 15 is 0 Å². The number of nitrogens with zero attached hydrogens (tertiary/aromatic N) is 3. The lowest BCUT2D eigenvalue weighted by Crippen LogP contribution is -2.45. The molecule has 1 aromatic heterocycles. The predicted octanol–water partition coefficient (Wildman–Crippen LogP) is 4.65. The van der Waals surface area contributed by atoms with E-state index in [1.165, 1.54) is 55.1 Å². The lowest BCUT2D eigenvalue weighted by Gasteiger charge is -2.40. The van der Waals surface area contributed by atoms with E-state index in [0.717, 1.165) is 37.8 Å². The van der Waals surface area contributed by atoms with Crippen molar-refractivity contribution in [1.29, 1.82) is 0 Å². The Kier molecular flexibility index (Phi) is 5.84. The van der Waals surface area contributed by atoms with Crippen LogP contribution < -0.4 is 0 Å². The van der Waals surface area contributed by atoms with Crippen LogP contribution in [0.3, 0.4) is 0 Å². The van der Waals surface area contributed by atoms with E-state index in [0.29, 0.717) is 5.92 Å². The third-order valence-corrected chi connectivity index (χ3v) is 6.66. The highest BCUT2D eigenvalue weighted by Crippen LogP contribution is 2.40. The van der Waals surface area contributed by atoms with Crippen molar-refractivity contribution in [1.82, 2.24) is 14.7 Å². The molecule has 2 saturated heterocycles. The first-order valence-electron chi connectivity index (χ1n) is 10.9. The van der Waals surface area contributed by atoms with Gasteiger partial charge in [-0.2, -0.15) is 5.10 Å². The van der Waals surface area contributed by atoms with Crippen LogP contribution in [0.15, 0.2) is 24.4 Å². The second-order valence-corrected chi connectivity index (χ2v) is 8.90. The molecular formula is C23H35N3O. The highest BCUT2D eigenvalue weighted by molar-refractivity contribution is 5.79. The molecular weight excluding hydrogens is 334 g/mol. The molecule has 0 saturated carbocycles. The minimum Gasteiger partial charge on any atom is -0.382 e. The smallest absolute Gasteiger partial charge is 0.0685 e. The van der Waals surface area contributed by atoms with Gasteiger partial charge in [-0.05, 0) is 69.4 Å². The van der Waals surface area contributed by atoms with Gasteiger partial charge in [-0.25, -0.2) is 0 Å².